The zero-order valence-corrected chi connectivity index (χ0v) is 10.7. The SMILES string of the molecule is [O-][n+]1cccc(Br)c1-c1cncc(Br)c1. The van der Waals surface area contributed by atoms with Crippen LogP contribution in [-0.2, 0) is 0 Å². The van der Waals surface area contributed by atoms with Crippen LogP contribution in [-0.4, -0.2) is 4.98 Å². The summed E-state index contributed by atoms with van der Waals surface area (Å²) < 4.78 is 2.41. The zero-order chi connectivity index (χ0) is 10.8. The first-order chi connectivity index (χ1) is 7.18. The molecular formula is C10H6Br2N2O. The number of pyridine rings is 2. The second-order valence-electron chi connectivity index (χ2n) is 2.92. The van der Waals surface area contributed by atoms with Gasteiger partial charge < -0.3 is 5.21 Å². The second kappa shape index (κ2) is 4.28. The fourth-order valence-corrected chi connectivity index (χ4v) is 2.19. The van der Waals surface area contributed by atoms with E-state index in [1.807, 2.05) is 12.1 Å². The smallest absolute Gasteiger partial charge is 0.239 e. The van der Waals surface area contributed by atoms with E-state index in [0.717, 1.165) is 19.2 Å². The van der Waals surface area contributed by atoms with Crippen LogP contribution in [0, 0.1) is 5.21 Å². The number of nitrogens with zero attached hydrogens (tertiary/aromatic N) is 2. The molecule has 0 unspecified atom stereocenters. The van der Waals surface area contributed by atoms with E-state index in [9.17, 15) is 5.21 Å². The van der Waals surface area contributed by atoms with Gasteiger partial charge in [-0.3, -0.25) is 4.98 Å². The third-order valence-electron chi connectivity index (χ3n) is 1.89. The fraction of sp³-hybridized carbons (Fsp3) is 0. The molecule has 0 saturated heterocycles. The molecule has 0 bridgehead atoms. The highest BCUT2D eigenvalue weighted by atomic mass is 79.9. The van der Waals surface area contributed by atoms with Gasteiger partial charge in [0.15, 0.2) is 6.20 Å². The van der Waals surface area contributed by atoms with Crippen LogP contribution in [0.15, 0.2) is 45.7 Å². The summed E-state index contributed by atoms with van der Waals surface area (Å²) in [6, 6.07) is 5.36. The molecule has 0 radical (unpaired) electrons. The molecule has 15 heavy (non-hydrogen) atoms. The fourth-order valence-electron chi connectivity index (χ4n) is 1.27. The molecule has 5 heteroatoms. The monoisotopic (exact) mass is 328 g/mol. The van der Waals surface area contributed by atoms with E-state index >= 15 is 0 Å². The molecule has 76 valence electrons. The van der Waals surface area contributed by atoms with Gasteiger partial charge in [0.2, 0.25) is 5.69 Å². The predicted octanol–water partition coefficient (Wildman–Crippen LogP) is 2.91. The Bertz CT molecular complexity index is 482. The minimum Gasteiger partial charge on any atom is -0.618 e. The molecule has 0 saturated carbocycles. The number of halogens is 2. The summed E-state index contributed by atoms with van der Waals surface area (Å²) >= 11 is 6.66. The number of aromatic nitrogens is 2. The Morgan fingerprint density at radius 1 is 1.27 bits per heavy atom. The third-order valence-corrected chi connectivity index (χ3v) is 2.96. The molecule has 0 amide bonds. The molecule has 0 spiro atoms. The second-order valence-corrected chi connectivity index (χ2v) is 4.69. The summed E-state index contributed by atoms with van der Waals surface area (Å²) in [7, 11) is 0. The maximum absolute atomic E-state index is 11.6. The van der Waals surface area contributed by atoms with Gasteiger partial charge in [0.1, 0.15) is 0 Å². The van der Waals surface area contributed by atoms with E-state index in [1.54, 1.807) is 18.5 Å². The Hall–Kier alpha value is -0.940. The molecule has 0 aromatic carbocycles. The molecule has 2 heterocycles. The van der Waals surface area contributed by atoms with Crippen molar-refractivity contribution < 1.29 is 4.73 Å². The highest BCUT2D eigenvalue weighted by Gasteiger charge is 2.13. The molecule has 0 aliphatic heterocycles. The van der Waals surface area contributed by atoms with Crippen molar-refractivity contribution in [1.82, 2.24) is 4.98 Å². The van der Waals surface area contributed by atoms with Gasteiger partial charge in [-0.1, -0.05) is 0 Å². The van der Waals surface area contributed by atoms with Gasteiger partial charge in [0.25, 0.3) is 0 Å². The largest absolute Gasteiger partial charge is 0.618 e. The summed E-state index contributed by atoms with van der Waals surface area (Å²) in [4.78, 5) is 4.02. The van der Waals surface area contributed by atoms with E-state index in [2.05, 4.69) is 36.8 Å². The Kier molecular flexibility index (Phi) is 3.02. The Balaban J connectivity index is 2.63. The van der Waals surface area contributed by atoms with E-state index in [0.29, 0.717) is 5.69 Å². The lowest BCUT2D eigenvalue weighted by atomic mass is 10.2. The topological polar surface area (TPSA) is 39.8 Å². The molecule has 2 aromatic heterocycles. The molecular weight excluding hydrogens is 324 g/mol. The summed E-state index contributed by atoms with van der Waals surface area (Å²) in [5, 5.41) is 11.6. The minimum absolute atomic E-state index is 0.561. The van der Waals surface area contributed by atoms with Gasteiger partial charge >= 0.3 is 0 Å². The van der Waals surface area contributed by atoms with Crippen molar-refractivity contribution in [3.8, 4) is 11.3 Å². The number of hydrogen-bond acceptors (Lipinski definition) is 2. The first-order valence-electron chi connectivity index (χ1n) is 4.17. The maximum Gasteiger partial charge on any atom is 0.239 e. The van der Waals surface area contributed by atoms with Crippen LogP contribution in [0.4, 0.5) is 0 Å². The van der Waals surface area contributed by atoms with Crippen molar-refractivity contribution in [2.45, 2.75) is 0 Å². The van der Waals surface area contributed by atoms with Gasteiger partial charge in [0, 0.05) is 22.9 Å². The van der Waals surface area contributed by atoms with Gasteiger partial charge in [-0.25, -0.2) is 0 Å². The zero-order valence-electron chi connectivity index (χ0n) is 7.52. The molecule has 0 N–H and O–H groups in total. The highest BCUT2D eigenvalue weighted by Crippen LogP contribution is 2.25. The van der Waals surface area contributed by atoms with Crippen molar-refractivity contribution in [2.24, 2.45) is 0 Å². The first-order valence-corrected chi connectivity index (χ1v) is 5.75. The van der Waals surface area contributed by atoms with Gasteiger partial charge in [-0.05, 0) is 44.0 Å². The molecule has 0 aliphatic rings. The summed E-state index contributed by atoms with van der Waals surface area (Å²) in [5.74, 6) is 0. The molecule has 0 aliphatic carbocycles. The maximum atomic E-state index is 11.6. The lowest BCUT2D eigenvalue weighted by Crippen LogP contribution is -2.28. The third kappa shape index (κ3) is 2.18. The van der Waals surface area contributed by atoms with Crippen LogP contribution in [0.5, 0.6) is 0 Å². The molecule has 2 rings (SSSR count). The standard InChI is InChI=1S/C10H6Br2N2O/c11-8-4-7(5-13-6-8)10-9(12)2-1-3-14(10)15/h1-6H. The van der Waals surface area contributed by atoms with Gasteiger partial charge in [-0.2, -0.15) is 4.73 Å². The first kappa shape index (κ1) is 10.6. The van der Waals surface area contributed by atoms with Crippen LogP contribution in [0.25, 0.3) is 11.3 Å². The van der Waals surface area contributed by atoms with Crippen molar-refractivity contribution in [3.05, 3.63) is 50.9 Å². The molecule has 0 fully saturated rings. The normalized spacial score (nSPS) is 10.3. The molecule has 0 atom stereocenters. The van der Waals surface area contributed by atoms with Crippen molar-refractivity contribution in [3.63, 3.8) is 0 Å². The van der Waals surface area contributed by atoms with E-state index in [-0.39, 0.29) is 0 Å². The lowest BCUT2D eigenvalue weighted by Gasteiger charge is -2.05. The van der Waals surface area contributed by atoms with Gasteiger partial charge in [-0.15, -0.1) is 0 Å². The molecule has 2 aromatic rings. The Morgan fingerprint density at radius 2 is 2.07 bits per heavy atom. The quantitative estimate of drug-likeness (QED) is 0.596. The van der Waals surface area contributed by atoms with Crippen LogP contribution in [0.3, 0.4) is 0 Å². The van der Waals surface area contributed by atoms with Crippen molar-refractivity contribution >= 4 is 31.9 Å². The summed E-state index contributed by atoms with van der Waals surface area (Å²) in [5.41, 5.74) is 1.33. The van der Waals surface area contributed by atoms with E-state index in [1.165, 1.54) is 6.20 Å². The van der Waals surface area contributed by atoms with Crippen molar-refractivity contribution in [2.75, 3.05) is 0 Å². The Morgan fingerprint density at radius 3 is 2.73 bits per heavy atom. The average Bonchev–Trinajstić information content (AvgIpc) is 2.17. The van der Waals surface area contributed by atoms with Crippen LogP contribution in [0.2, 0.25) is 0 Å². The lowest BCUT2D eigenvalue weighted by molar-refractivity contribution is -0.594. The van der Waals surface area contributed by atoms with Crippen molar-refractivity contribution in [1.29, 1.82) is 0 Å². The van der Waals surface area contributed by atoms with E-state index in [4.69, 9.17) is 0 Å². The number of rotatable bonds is 1. The van der Waals surface area contributed by atoms with Crippen LogP contribution >= 0.6 is 31.9 Å². The average molecular weight is 330 g/mol. The minimum atomic E-state index is 0.561. The van der Waals surface area contributed by atoms with Crippen LogP contribution in [0.1, 0.15) is 0 Å². The van der Waals surface area contributed by atoms with Gasteiger partial charge in [0.05, 0.1) is 10.0 Å². The highest BCUT2D eigenvalue weighted by molar-refractivity contribution is 9.10. The Labute approximate surface area is 104 Å². The summed E-state index contributed by atoms with van der Waals surface area (Å²) in [6.07, 6.45) is 4.79. The molecule has 3 nitrogen and oxygen atoms in total. The van der Waals surface area contributed by atoms with Crippen LogP contribution < -0.4 is 4.73 Å². The summed E-state index contributed by atoms with van der Waals surface area (Å²) in [6.45, 7) is 0. The number of hydrogen-bond donors (Lipinski definition) is 0. The predicted molar refractivity (Wildman–Crippen MR) is 64.0 cm³/mol. The van der Waals surface area contributed by atoms with E-state index < -0.39 is 0 Å².